The van der Waals surface area contributed by atoms with Gasteiger partial charge in [-0.1, -0.05) is 19.1 Å². The van der Waals surface area contributed by atoms with Gasteiger partial charge in [0.05, 0.1) is 18.6 Å². The molecule has 0 atom stereocenters. The molecule has 0 bridgehead atoms. The van der Waals surface area contributed by atoms with Gasteiger partial charge in [-0.15, -0.1) is 11.8 Å². The van der Waals surface area contributed by atoms with E-state index in [1.807, 2.05) is 35.9 Å². The van der Waals surface area contributed by atoms with Crippen LogP contribution in [0, 0.1) is 0 Å². The molecule has 0 saturated carbocycles. The minimum Gasteiger partial charge on any atom is -0.379 e. The first-order chi connectivity index (χ1) is 8.31. The number of hydrogen-bond donors (Lipinski definition) is 1. The van der Waals surface area contributed by atoms with Gasteiger partial charge in [0.2, 0.25) is 0 Å². The summed E-state index contributed by atoms with van der Waals surface area (Å²) in [6.45, 7) is 2.97. The molecule has 0 saturated heterocycles. The zero-order valence-corrected chi connectivity index (χ0v) is 11.0. The highest BCUT2D eigenvalue weighted by Gasteiger charge is 2.02. The lowest BCUT2D eigenvalue weighted by Crippen LogP contribution is -2.04. The van der Waals surface area contributed by atoms with E-state index >= 15 is 0 Å². The van der Waals surface area contributed by atoms with Crippen LogP contribution < -0.4 is 5.32 Å². The van der Waals surface area contributed by atoms with Crippen molar-refractivity contribution in [2.75, 3.05) is 11.1 Å². The normalized spacial score (nSPS) is 10.5. The number of rotatable bonds is 5. The van der Waals surface area contributed by atoms with Crippen molar-refractivity contribution in [3.8, 4) is 0 Å². The Morgan fingerprint density at radius 1 is 1.35 bits per heavy atom. The van der Waals surface area contributed by atoms with Gasteiger partial charge in [-0.05, 0) is 17.9 Å². The third-order valence-electron chi connectivity index (χ3n) is 2.56. The van der Waals surface area contributed by atoms with Gasteiger partial charge in [0.25, 0.3) is 0 Å². The lowest BCUT2D eigenvalue weighted by Gasteiger charge is -2.11. The zero-order valence-electron chi connectivity index (χ0n) is 10.2. The fourth-order valence-electron chi connectivity index (χ4n) is 1.63. The van der Waals surface area contributed by atoms with E-state index < -0.39 is 0 Å². The van der Waals surface area contributed by atoms with E-state index in [1.165, 1.54) is 16.3 Å². The fraction of sp³-hybridized carbons (Fsp3) is 0.308. The highest BCUT2D eigenvalue weighted by Crippen LogP contribution is 2.26. The summed E-state index contributed by atoms with van der Waals surface area (Å²) in [4.78, 5) is 5.41. The number of benzene rings is 1. The summed E-state index contributed by atoms with van der Waals surface area (Å²) >= 11 is 1.86. The summed E-state index contributed by atoms with van der Waals surface area (Å²) in [7, 11) is 2.01. The van der Waals surface area contributed by atoms with Crippen LogP contribution in [-0.4, -0.2) is 15.3 Å². The van der Waals surface area contributed by atoms with Crippen LogP contribution in [0.15, 0.2) is 41.7 Å². The molecule has 0 unspecified atom stereocenters. The van der Waals surface area contributed by atoms with Crippen molar-refractivity contribution in [3.05, 3.63) is 42.5 Å². The smallest absolute Gasteiger partial charge is 0.0946 e. The maximum Gasteiger partial charge on any atom is 0.0946 e. The van der Waals surface area contributed by atoms with Crippen LogP contribution in [0.5, 0.6) is 0 Å². The number of imidazole rings is 1. The molecule has 0 amide bonds. The molecule has 0 radical (unpaired) electrons. The first-order valence-electron chi connectivity index (χ1n) is 5.72. The van der Waals surface area contributed by atoms with Crippen molar-refractivity contribution in [1.29, 1.82) is 0 Å². The minimum atomic E-state index is 0.803. The zero-order chi connectivity index (χ0) is 12.1. The average molecular weight is 247 g/mol. The maximum atomic E-state index is 4.11. The van der Waals surface area contributed by atoms with Gasteiger partial charge in [-0.25, -0.2) is 4.98 Å². The molecule has 4 heteroatoms. The Bertz CT molecular complexity index is 479. The van der Waals surface area contributed by atoms with Crippen LogP contribution in [0.3, 0.4) is 0 Å². The van der Waals surface area contributed by atoms with Crippen LogP contribution in [0.25, 0.3) is 0 Å². The first-order valence-corrected chi connectivity index (χ1v) is 6.70. The van der Waals surface area contributed by atoms with Crippen molar-refractivity contribution in [2.45, 2.75) is 18.4 Å². The largest absolute Gasteiger partial charge is 0.379 e. The van der Waals surface area contributed by atoms with E-state index in [9.17, 15) is 0 Å². The van der Waals surface area contributed by atoms with Gasteiger partial charge in [-0.2, -0.15) is 0 Å². The number of nitrogens with zero attached hydrogens (tertiary/aromatic N) is 2. The van der Waals surface area contributed by atoms with Crippen LogP contribution in [0.1, 0.15) is 12.6 Å². The Morgan fingerprint density at radius 3 is 2.88 bits per heavy atom. The van der Waals surface area contributed by atoms with Gasteiger partial charge < -0.3 is 9.88 Å². The van der Waals surface area contributed by atoms with Crippen LogP contribution in [0.2, 0.25) is 0 Å². The summed E-state index contributed by atoms with van der Waals surface area (Å²) in [5, 5.41) is 3.46. The number of anilines is 1. The standard InChI is InChI=1S/C13H17N3S/c1-3-17-13-7-5-4-6-12(13)15-9-11-8-14-10-16(11)2/h4-8,10,15H,3,9H2,1-2H3. The molecule has 0 spiro atoms. The summed E-state index contributed by atoms with van der Waals surface area (Å²) < 4.78 is 2.03. The Hall–Kier alpha value is -1.42. The summed E-state index contributed by atoms with van der Waals surface area (Å²) in [5.41, 5.74) is 2.38. The SMILES string of the molecule is CCSc1ccccc1NCc1cncn1C. The summed E-state index contributed by atoms with van der Waals surface area (Å²) in [6, 6.07) is 8.41. The van der Waals surface area contributed by atoms with Crippen molar-refractivity contribution in [1.82, 2.24) is 9.55 Å². The highest BCUT2D eigenvalue weighted by atomic mass is 32.2. The number of aryl methyl sites for hydroxylation is 1. The molecule has 0 aliphatic heterocycles. The monoisotopic (exact) mass is 247 g/mol. The minimum absolute atomic E-state index is 0.803. The predicted octanol–water partition coefficient (Wildman–Crippen LogP) is 3.14. The van der Waals surface area contributed by atoms with Gasteiger partial charge in [0.15, 0.2) is 0 Å². The Morgan fingerprint density at radius 2 is 2.18 bits per heavy atom. The average Bonchev–Trinajstić information content (AvgIpc) is 2.74. The fourth-order valence-corrected chi connectivity index (χ4v) is 2.42. The Labute approximate surface area is 106 Å². The van der Waals surface area contributed by atoms with Crippen molar-refractivity contribution in [3.63, 3.8) is 0 Å². The number of nitrogens with one attached hydrogen (secondary N) is 1. The molecule has 0 aliphatic rings. The molecular weight excluding hydrogens is 230 g/mol. The van der Waals surface area contributed by atoms with Crippen LogP contribution in [-0.2, 0) is 13.6 Å². The van der Waals surface area contributed by atoms with Gasteiger partial charge in [0.1, 0.15) is 0 Å². The maximum absolute atomic E-state index is 4.11. The number of thioether (sulfide) groups is 1. The number of aromatic nitrogens is 2. The van der Waals surface area contributed by atoms with Crippen LogP contribution in [0.4, 0.5) is 5.69 Å². The van der Waals surface area contributed by atoms with Gasteiger partial charge in [0, 0.05) is 23.8 Å². The lowest BCUT2D eigenvalue weighted by atomic mass is 10.3. The topological polar surface area (TPSA) is 29.9 Å². The lowest BCUT2D eigenvalue weighted by molar-refractivity contribution is 0.836. The molecule has 1 N–H and O–H groups in total. The number of hydrogen-bond acceptors (Lipinski definition) is 3. The van der Waals surface area contributed by atoms with E-state index in [4.69, 9.17) is 0 Å². The van der Waals surface area contributed by atoms with Crippen molar-refractivity contribution < 1.29 is 0 Å². The third-order valence-corrected chi connectivity index (χ3v) is 3.52. The van der Waals surface area contributed by atoms with Crippen molar-refractivity contribution >= 4 is 17.4 Å². The molecule has 1 heterocycles. The summed E-state index contributed by atoms with van der Waals surface area (Å²) in [6.07, 6.45) is 3.71. The quantitative estimate of drug-likeness (QED) is 0.823. The van der Waals surface area contributed by atoms with E-state index in [1.54, 1.807) is 0 Å². The predicted molar refractivity (Wildman–Crippen MR) is 73.4 cm³/mol. The third kappa shape index (κ3) is 3.03. The van der Waals surface area contributed by atoms with E-state index in [-0.39, 0.29) is 0 Å². The molecule has 90 valence electrons. The van der Waals surface area contributed by atoms with Gasteiger partial charge >= 0.3 is 0 Å². The molecule has 1 aromatic carbocycles. The molecule has 3 nitrogen and oxygen atoms in total. The van der Waals surface area contributed by atoms with Crippen LogP contribution >= 0.6 is 11.8 Å². The van der Waals surface area contributed by atoms with E-state index in [0.29, 0.717) is 0 Å². The second-order valence-electron chi connectivity index (χ2n) is 3.78. The number of para-hydroxylation sites is 1. The van der Waals surface area contributed by atoms with Gasteiger partial charge in [-0.3, -0.25) is 0 Å². The molecule has 2 rings (SSSR count). The highest BCUT2D eigenvalue weighted by molar-refractivity contribution is 7.99. The summed E-state index contributed by atoms with van der Waals surface area (Å²) in [5.74, 6) is 1.09. The van der Waals surface area contributed by atoms with E-state index in [2.05, 4.69) is 41.5 Å². The Kier molecular flexibility index (Phi) is 4.09. The second kappa shape index (κ2) is 5.77. The second-order valence-corrected chi connectivity index (χ2v) is 5.08. The molecule has 0 fully saturated rings. The van der Waals surface area contributed by atoms with E-state index in [0.717, 1.165) is 12.3 Å². The molecule has 17 heavy (non-hydrogen) atoms. The first kappa shape index (κ1) is 12.0. The molecule has 0 aliphatic carbocycles. The molecular formula is C13H17N3S. The molecule has 1 aromatic heterocycles. The molecule has 2 aromatic rings. The Balaban J connectivity index is 2.06. The van der Waals surface area contributed by atoms with Crippen molar-refractivity contribution in [2.24, 2.45) is 7.05 Å².